The van der Waals surface area contributed by atoms with Crippen molar-refractivity contribution in [2.24, 2.45) is 5.92 Å². The minimum Gasteiger partial charge on any atom is -0.444 e. The molecule has 1 saturated carbocycles. The molecule has 2 aromatic carbocycles. The lowest BCUT2D eigenvalue weighted by Crippen LogP contribution is -2.62. The second-order valence-corrected chi connectivity index (χ2v) is 13.4. The van der Waals surface area contributed by atoms with Gasteiger partial charge in [-0.1, -0.05) is 43.2 Å². The highest BCUT2D eigenvalue weighted by Gasteiger charge is 2.45. The molecule has 2 atom stereocenters. The van der Waals surface area contributed by atoms with Crippen molar-refractivity contribution >= 4 is 23.1 Å². The fourth-order valence-electron chi connectivity index (χ4n) is 5.95. The van der Waals surface area contributed by atoms with E-state index in [0.29, 0.717) is 31.7 Å². The molecule has 0 aliphatic heterocycles. The first kappa shape index (κ1) is 34.7. The molecule has 1 heterocycles. The molecule has 0 spiro atoms. The summed E-state index contributed by atoms with van der Waals surface area (Å²) in [5, 5.41) is 15.7. The van der Waals surface area contributed by atoms with Gasteiger partial charge in [0, 0.05) is 33.2 Å². The summed E-state index contributed by atoms with van der Waals surface area (Å²) in [4.78, 5) is 41.0. The van der Waals surface area contributed by atoms with E-state index in [0.717, 1.165) is 54.4 Å². The molecule has 0 radical (unpaired) electrons. The van der Waals surface area contributed by atoms with Crippen molar-refractivity contribution in [1.29, 1.82) is 5.26 Å². The van der Waals surface area contributed by atoms with Crippen LogP contribution in [0.2, 0.25) is 0 Å². The normalized spacial score (nSPS) is 15.8. The van der Waals surface area contributed by atoms with Crippen LogP contribution in [0.25, 0.3) is 22.2 Å². The van der Waals surface area contributed by atoms with E-state index >= 15 is 0 Å². The maximum Gasteiger partial charge on any atom is 0.419 e. The van der Waals surface area contributed by atoms with E-state index in [2.05, 4.69) is 21.6 Å². The third kappa shape index (κ3) is 8.77. The number of nitrogens with zero attached hydrogens (tertiary/aromatic N) is 3. The number of rotatable bonds is 13. The van der Waals surface area contributed by atoms with Gasteiger partial charge in [-0.2, -0.15) is 5.26 Å². The molecule has 1 aromatic heterocycles. The molecule has 1 fully saturated rings. The summed E-state index contributed by atoms with van der Waals surface area (Å²) in [5.74, 6) is -0.838. The molecule has 3 aromatic rings. The summed E-state index contributed by atoms with van der Waals surface area (Å²) in [6.07, 6.45) is 3.23. The number of nitriles is 1. The summed E-state index contributed by atoms with van der Waals surface area (Å²) < 4.78 is 17.7. The van der Waals surface area contributed by atoms with Gasteiger partial charge in [0.25, 0.3) is 0 Å². The number of likely N-dealkylation sites (N-methyl/N-ethyl adjacent to an activating group) is 1. The van der Waals surface area contributed by atoms with Gasteiger partial charge < -0.3 is 29.4 Å². The smallest absolute Gasteiger partial charge is 0.419 e. The van der Waals surface area contributed by atoms with Crippen LogP contribution in [0, 0.1) is 17.2 Å². The first-order chi connectivity index (χ1) is 21.8. The lowest BCUT2D eigenvalue weighted by molar-refractivity contribution is -0.129. The Kier molecular flexibility index (Phi) is 11.3. The second-order valence-electron chi connectivity index (χ2n) is 13.4. The molecule has 46 heavy (non-hydrogen) atoms. The van der Waals surface area contributed by atoms with Crippen LogP contribution in [-0.4, -0.2) is 72.5 Å². The van der Waals surface area contributed by atoms with E-state index in [-0.39, 0.29) is 5.92 Å². The topological polar surface area (TPSA) is 139 Å². The molecule has 2 N–H and O–H groups in total. The number of benzene rings is 2. The summed E-state index contributed by atoms with van der Waals surface area (Å²) in [6.45, 7) is 9.58. The predicted molar refractivity (Wildman–Crippen MR) is 176 cm³/mol. The highest BCUT2D eigenvalue weighted by Crippen LogP contribution is 2.35. The molecule has 11 nitrogen and oxygen atoms in total. The Morgan fingerprint density at radius 3 is 2.39 bits per heavy atom. The van der Waals surface area contributed by atoms with E-state index in [1.54, 1.807) is 45.4 Å². The number of oxazole rings is 1. The van der Waals surface area contributed by atoms with Crippen LogP contribution in [0.1, 0.15) is 58.9 Å². The number of carbonyl (C=O) groups is 2. The summed E-state index contributed by atoms with van der Waals surface area (Å²) in [6, 6.07) is 14.9. The van der Waals surface area contributed by atoms with E-state index in [4.69, 9.17) is 13.9 Å². The van der Waals surface area contributed by atoms with Gasteiger partial charge in [0.2, 0.25) is 5.91 Å². The van der Waals surface area contributed by atoms with Crippen LogP contribution in [-0.2, 0) is 27.2 Å². The van der Waals surface area contributed by atoms with Crippen molar-refractivity contribution in [1.82, 2.24) is 20.1 Å². The predicted octanol–water partition coefficient (Wildman–Crippen LogP) is 4.86. The van der Waals surface area contributed by atoms with Gasteiger partial charge >= 0.3 is 11.8 Å². The molecule has 0 saturated heterocycles. The standard InChI is InChI=1S/C35H47N5O6/c1-34(2,3)46-32(42)38-35(4,27-9-7-8-10-27)31(41)37-28(23-36)21-24-11-13-25(14-12-24)26-15-16-30-29(22-26)40(33(43)45-30)18-17-39(5)19-20-44-6/h11-16,22,27-28H,7-10,17-21H2,1-6H3,(H,37,41)(H,38,42)/t28-,35?/m0/s1. The fourth-order valence-corrected chi connectivity index (χ4v) is 5.95. The number of amides is 2. The van der Waals surface area contributed by atoms with Gasteiger partial charge in [0.05, 0.1) is 18.2 Å². The second kappa shape index (κ2) is 15.0. The Bertz CT molecular complexity index is 1590. The Labute approximate surface area is 270 Å². The molecule has 2 amide bonds. The summed E-state index contributed by atoms with van der Waals surface area (Å²) >= 11 is 0. The average Bonchev–Trinajstić information content (AvgIpc) is 3.66. The molecule has 4 rings (SSSR count). The van der Waals surface area contributed by atoms with Crippen molar-refractivity contribution in [2.45, 2.75) is 83.5 Å². The molecular weight excluding hydrogens is 586 g/mol. The van der Waals surface area contributed by atoms with Crippen molar-refractivity contribution in [3.63, 3.8) is 0 Å². The number of fused-ring (bicyclic) bond motifs is 1. The van der Waals surface area contributed by atoms with Crippen LogP contribution < -0.4 is 16.4 Å². The van der Waals surface area contributed by atoms with E-state index in [1.807, 2.05) is 43.4 Å². The first-order valence-corrected chi connectivity index (χ1v) is 15.9. The highest BCUT2D eigenvalue weighted by atomic mass is 16.6. The minimum absolute atomic E-state index is 0.0563. The van der Waals surface area contributed by atoms with Crippen molar-refractivity contribution in [3.8, 4) is 17.2 Å². The van der Waals surface area contributed by atoms with Gasteiger partial charge in [-0.3, -0.25) is 9.36 Å². The first-order valence-electron chi connectivity index (χ1n) is 15.9. The monoisotopic (exact) mass is 633 g/mol. The minimum atomic E-state index is -1.20. The number of methoxy groups -OCH3 is 1. The zero-order valence-corrected chi connectivity index (χ0v) is 27.9. The van der Waals surface area contributed by atoms with Crippen LogP contribution in [0.15, 0.2) is 51.7 Å². The molecule has 1 unspecified atom stereocenters. The molecule has 1 aliphatic carbocycles. The van der Waals surface area contributed by atoms with Gasteiger partial charge in [-0.05, 0) is 82.3 Å². The Morgan fingerprint density at radius 1 is 1.09 bits per heavy atom. The largest absolute Gasteiger partial charge is 0.444 e. The zero-order valence-electron chi connectivity index (χ0n) is 27.9. The van der Waals surface area contributed by atoms with Crippen LogP contribution in [0.5, 0.6) is 0 Å². The third-order valence-electron chi connectivity index (χ3n) is 8.64. The summed E-state index contributed by atoms with van der Waals surface area (Å²) in [7, 11) is 3.65. The van der Waals surface area contributed by atoms with Crippen LogP contribution in [0.3, 0.4) is 0 Å². The Balaban J connectivity index is 1.45. The Morgan fingerprint density at radius 2 is 1.76 bits per heavy atom. The quantitative estimate of drug-likeness (QED) is 0.272. The van der Waals surface area contributed by atoms with E-state index in [9.17, 15) is 19.6 Å². The maximum absolute atomic E-state index is 13.6. The van der Waals surface area contributed by atoms with E-state index in [1.165, 1.54) is 0 Å². The number of alkyl carbamates (subject to hydrolysis) is 1. The molecule has 1 aliphatic rings. The molecule has 248 valence electrons. The number of ether oxygens (including phenoxy) is 2. The number of hydrogen-bond acceptors (Lipinski definition) is 8. The van der Waals surface area contributed by atoms with Crippen LogP contribution >= 0.6 is 0 Å². The van der Waals surface area contributed by atoms with E-state index < -0.39 is 34.9 Å². The average molecular weight is 634 g/mol. The molecule has 11 heteroatoms. The SMILES string of the molecule is COCCN(C)CCn1c(=O)oc2ccc(-c3ccc(C[C@@H](C#N)NC(=O)C(C)(NC(=O)OC(C)(C)C)C4CCCC4)cc3)cc21. The fraction of sp³-hybridized carbons (Fsp3) is 0.543. The number of carbonyl (C=O) groups excluding carboxylic acids is 2. The highest BCUT2D eigenvalue weighted by molar-refractivity contribution is 5.90. The van der Waals surface area contributed by atoms with Crippen LogP contribution in [0.4, 0.5) is 4.79 Å². The third-order valence-corrected chi connectivity index (χ3v) is 8.64. The Hall–Kier alpha value is -4.14. The number of hydrogen-bond donors (Lipinski definition) is 2. The molecule has 0 bridgehead atoms. The van der Waals surface area contributed by atoms with Crippen molar-refractivity contribution < 1.29 is 23.5 Å². The number of aromatic nitrogens is 1. The maximum atomic E-state index is 13.6. The van der Waals surface area contributed by atoms with Gasteiger partial charge in [0.1, 0.15) is 17.2 Å². The van der Waals surface area contributed by atoms with Gasteiger partial charge in [0.15, 0.2) is 5.58 Å². The lowest BCUT2D eigenvalue weighted by Gasteiger charge is -2.36. The van der Waals surface area contributed by atoms with Gasteiger partial charge in [-0.15, -0.1) is 0 Å². The lowest BCUT2D eigenvalue weighted by atomic mass is 9.83. The summed E-state index contributed by atoms with van der Waals surface area (Å²) in [5.41, 5.74) is 2.09. The van der Waals surface area contributed by atoms with Gasteiger partial charge in [-0.25, -0.2) is 9.59 Å². The van der Waals surface area contributed by atoms with Crippen molar-refractivity contribution in [2.75, 3.05) is 33.9 Å². The van der Waals surface area contributed by atoms with Crippen molar-refractivity contribution in [3.05, 3.63) is 58.6 Å². The molecular formula is C35H47N5O6. The number of nitrogens with one attached hydrogen (secondary N) is 2. The zero-order chi connectivity index (χ0) is 33.5.